The van der Waals surface area contributed by atoms with Crippen molar-refractivity contribution in [3.63, 3.8) is 0 Å². The van der Waals surface area contributed by atoms with Gasteiger partial charge >= 0.3 is 17.9 Å². The number of hydrogen-bond donors (Lipinski definition) is 0. The first kappa shape index (κ1) is 63.3. The first-order valence-electron chi connectivity index (χ1n) is 27.8. The number of carbonyl (C=O) groups is 3. The fourth-order valence-corrected chi connectivity index (χ4v) is 7.46. The molecule has 6 heteroatoms. The lowest BCUT2D eigenvalue weighted by Crippen LogP contribution is -2.30. The van der Waals surface area contributed by atoms with Gasteiger partial charge in [-0.2, -0.15) is 0 Å². The van der Waals surface area contributed by atoms with Crippen molar-refractivity contribution in [2.45, 2.75) is 258 Å². The van der Waals surface area contributed by atoms with Crippen molar-refractivity contribution in [3.8, 4) is 0 Å². The smallest absolute Gasteiger partial charge is 0.306 e. The molecule has 67 heavy (non-hydrogen) atoms. The quantitative estimate of drug-likeness (QED) is 0.0199. The maximum absolute atomic E-state index is 12.8. The lowest BCUT2D eigenvalue weighted by Gasteiger charge is -2.18. The van der Waals surface area contributed by atoms with E-state index in [9.17, 15) is 14.4 Å². The predicted molar refractivity (Wildman–Crippen MR) is 288 cm³/mol. The van der Waals surface area contributed by atoms with Crippen LogP contribution in [0.5, 0.6) is 0 Å². The molecule has 0 amide bonds. The first-order chi connectivity index (χ1) is 33.0. The molecule has 1 unspecified atom stereocenters. The minimum atomic E-state index is -0.804. The molecule has 0 aromatic carbocycles. The molecule has 0 heterocycles. The molecule has 0 radical (unpaired) electrons. The summed E-state index contributed by atoms with van der Waals surface area (Å²) in [5.74, 6) is -0.960. The van der Waals surface area contributed by atoms with Gasteiger partial charge in [0.25, 0.3) is 0 Å². The summed E-state index contributed by atoms with van der Waals surface area (Å²) in [6.07, 6.45) is 72.6. The summed E-state index contributed by atoms with van der Waals surface area (Å²) in [5.41, 5.74) is 0. The van der Waals surface area contributed by atoms with Crippen molar-refractivity contribution < 1.29 is 28.6 Å². The van der Waals surface area contributed by atoms with Gasteiger partial charge in [-0.15, -0.1) is 0 Å². The molecule has 0 aliphatic rings. The molecular weight excluding hydrogens is 829 g/mol. The Morgan fingerprint density at radius 2 is 0.627 bits per heavy atom. The topological polar surface area (TPSA) is 78.9 Å². The molecule has 0 fully saturated rings. The number of rotatable bonds is 49. The lowest BCUT2D eigenvalue weighted by atomic mass is 10.1. The third-order valence-corrected chi connectivity index (χ3v) is 11.6. The minimum absolute atomic E-state index is 0.0996. The van der Waals surface area contributed by atoms with Crippen LogP contribution in [-0.2, 0) is 28.6 Å². The number of unbranched alkanes of at least 4 members (excludes halogenated alkanes) is 23. The van der Waals surface area contributed by atoms with Crippen molar-refractivity contribution in [1.29, 1.82) is 0 Å². The second-order valence-electron chi connectivity index (χ2n) is 18.1. The standard InChI is InChI=1S/C61H102O6/c1-4-7-10-13-16-19-22-25-27-29-31-33-34-36-39-42-45-48-51-54-60(63)66-57-58(56-65-59(62)53-50-47-44-41-38-24-21-18-15-12-9-6-3)67-61(64)55-52-49-46-43-40-37-35-32-30-28-26-23-20-17-14-11-8-5-2/h7,9-10,12,16,18-19,21,25,27-28,30,32,35,38,41,58H,4-6,8,11,13-15,17,20,22-24,26,29,31,33-34,36-37,39-40,42-57H2,1-3H3/b10-7-,12-9-,19-16-,21-18-,27-25-,30-28-,35-32-,41-38-. The molecule has 0 N–H and O–H groups in total. The second kappa shape index (κ2) is 54.9. The fraction of sp³-hybridized carbons (Fsp3) is 0.689. The third-order valence-electron chi connectivity index (χ3n) is 11.6. The summed E-state index contributed by atoms with van der Waals surface area (Å²) in [7, 11) is 0. The molecular formula is C61H102O6. The summed E-state index contributed by atoms with van der Waals surface area (Å²) in [6.45, 7) is 6.36. The van der Waals surface area contributed by atoms with Gasteiger partial charge in [0.15, 0.2) is 6.10 Å². The first-order valence-corrected chi connectivity index (χ1v) is 27.8. The average molecular weight is 931 g/mol. The molecule has 6 nitrogen and oxygen atoms in total. The van der Waals surface area contributed by atoms with Crippen LogP contribution in [0.1, 0.15) is 252 Å². The molecule has 0 bridgehead atoms. The summed E-state index contributed by atoms with van der Waals surface area (Å²) < 4.78 is 16.8. The molecule has 382 valence electrons. The number of carbonyl (C=O) groups excluding carboxylic acids is 3. The maximum Gasteiger partial charge on any atom is 0.306 e. The van der Waals surface area contributed by atoms with Crippen molar-refractivity contribution >= 4 is 17.9 Å². The minimum Gasteiger partial charge on any atom is -0.462 e. The van der Waals surface area contributed by atoms with Crippen molar-refractivity contribution in [3.05, 3.63) is 97.2 Å². The number of allylic oxidation sites excluding steroid dienone is 16. The Bertz CT molecular complexity index is 1350. The molecule has 0 aliphatic carbocycles. The van der Waals surface area contributed by atoms with E-state index in [1.165, 1.54) is 96.3 Å². The van der Waals surface area contributed by atoms with Gasteiger partial charge in [-0.05, 0) is 109 Å². The monoisotopic (exact) mass is 931 g/mol. The Balaban J connectivity index is 4.43. The van der Waals surface area contributed by atoms with Gasteiger partial charge in [-0.3, -0.25) is 14.4 Å². The van der Waals surface area contributed by atoms with Crippen LogP contribution in [0.3, 0.4) is 0 Å². The zero-order valence-corrected chi connectivity index (χ0v) is 43.6. The van der Waals surface area contributed by atoms with E-state index < -0.39 is 6.10 Å². The highest BCUT2D eigenvalue weighted by Crippen LogP contribution is 2.14. The van der Waals surface area contributed by atoms with Gasteiger partial charge < -0.3 is 14.2 Å². The average Bonchev–Trinajstić information content (AvgIpc) is 3.33. The van der Waals surface area contributed by atoms with Crippen molar-refractivity contribution in [1.82, 2.24) is 0 Å². The third kappa shape index (κ3) is 53.2. The van der Waals surface area contributed by atoms with E-state index >= 15 is 0 Å². The predicted octanol–water partition coefficient (Wildman–Crippen LogP) is 18.5. The SMILES string of the molecule is CC/C=C\C/C=C\C/C=C\CCCCCCCCCCCC(=O)OCC(COC(=O)CCCC/C=C\C/C=C\C/C=C\CC)OC(=O)CCCCCCC/C=C\C=C/CCCCCCCCC. The molecule has 0 spiro atoms. The van der Waals surface area contributed by atoms with E-state index in [4.69, 9.17) is 14.2 Å². The molecule has 0 saturated carbocycles. The highest BCUT2D eigenvalue weighted by Gasteiger charge is 2.19. The Morgan fingerprint density at radius 3 is 1.03 bits per heavy atom. The Morgan fingerprint density at radius 1 is 0.328 bits per heavy atom. The summed E-state index contributed by atoms with van der Waals surface area (Å²) >= 11 is 0. The van der Waals surface area contributed by atoms with E-state index in [2.05, 4.69) is 118 Å². The zero-order chi connectivity index (χ0) is 48.6. The van der Waals surface area contributed by atoms with Crippen LogP contribution < -0.4 is 0 Å². The summed E-state index contributed by atoms with van der Waals surface area (Å²) in [6, 6.07) is 0. The molecule has 0 saturated heterocycles. The second-order valence-corrected chi connectivity index (χ2v) is 18.1. The van der Waals surface area contributed by atoms with Crippen LogP contribution in [0, 0.1) is 0 Å². The van der Waals surface area contributed by atoms with E-state index in [0.717, 1.165) is 116 Å². The van der Waals surface area contributed by atoms with Gasteiger partial charge in [0.2, 0.25) is 0 Å². The Hall–Kier alpha value is -3.67. The summed E-state index contributed by atoms with van der Waals surface area (Å²) in [4.78, 5) is 38.1. The molecule has 1 atom stereocenters. The van der Waals surface area contributed by atoms with Crippen LogP contribution in [0.15, 0.2) is 97.2 Å². The molecule has 0 aliphatic heterocycles. The fourth-order valence-electron chi connectivity index (χ4n) is 7.46. The largest absolute Gasteiger partial charge is 0.462 e. The van der Waals surface area contributed by atoms with Gasteiger partial charge in [0.1, 0.15) is 13.2 Å². The van der Waals surface area contributed by atoms with Gasteiger partial charge in [-0.25, -0.2) is 0 Å². The number of esters is 3. The van der Waals surface area contributed by atoms with Crippen molar-refractivity contribution in [2.24, 2.45) is 0 Å². The zero-order valence-electron chi connectivity index (χ0n) is 43.6. The van der Waals surface area contributed by atoms with Gasteiger partial charge in [0.05, 0.1) is 0 Å². The van der Waals surface area contributed by atoms with Gasteiger partial charge in [-0.1, -0.05) is 221 Å². The van der Waals surface area contributed by atoms with Crippen LogP contribution in [0.2, 0.25) is 0 Å². The number of ether oxygens (including phenoxy) is 3. The van der Waals surface area contributed by atoms with Crippen LogP contribution in [-0.4, -0.2) is 37.2 Å². The lowest BCUT2D eigenvalue weighted by molar-refractivity contribution is -0.167. The van der Waals surface area contributed by atoms with E-state index in [1.54, 1.807) is 0 Å². The molecule has 0 aromatic rings. The molecule has 0 aromatic heterocycles. The van der Waals surface area contributed by atoms with E-state index in [1.807, 2.05) is 0 Å². The van der Waals surface area contributed by atoms with E-state index in [-0.39, 0.29) is 31.1 Å². The highest BCUT2D eigenvalue weighted by atomic mass is 16.6. The maximum atomic E-state index is 12.8. The van der Waals surface area contributed by atoms with Crippen LogP contribution >= 0.6 is 0 Å². The Kier molecular flexibility index (Phi) is 51.9. The highest BCUT2D eigenvalue weighted by molar-refractivity contribution is 5.71. The van der Waals surface area contributed by atoms with Gasteiger partial charge in [0, 0.05) is 19.3 Å². The Labute approximate surface area is 413 Å². The van der Waals surface area contributed by atoms with Crippen LogP contribution in [0.25, 0.3) is 0 Å². The summed E-state index contributed by atoms with van der Waals surface area (Å²) in [5, 5.41) is 0. The normalized spacial score (nSPS) is 12.8. The molecule has 0 rings (SSSR count). The van der Waals surface area contributed by atoms with Crippen LogP contribution in [0.4, 0.5) is 0 Å². The number of hydrogen-bond acceptors (Lipinski definition) is 6. The van der Waals surface area contributed by atoms with Crippen molar-refractivity contribution in [2.75, 3.05) is 13.2 Å². The van der Waals surface area contributed by atoms with E-state index in [0.29, 0.717) is 19.3 Å².